The van der Waals surface area contributed by atoms with Crippen molar-refractivity contribution in [3.05, 3.63) is 34.1 Å². The van der Waals surface area contributed by atoms with E-state index >= 15 is 0 Å². The van der Waals surface area contributed by atoms with E-state index < -0.39 is 0 Å². The molecule has 1 nitrogen and oxygen atoms in total. The van der Waals surface area contributed by atoms with Crippen LogP contribution in [0.15, 0.2) is 22.7 Å². The van der Waals surface area contributed by atoms with Crippen molar-refractivity contribution in [1.82, 2.24) is 5.32 Å². The molecule has 90 valence electrons. The van der Waals surface area contributed by atoms with Gasteiger partial charge in [0.05, 0.1) is 0 Å². The smallest absolute Gasteiger partial charge is 0.127 e. The molecule has 1 unspecified atom stereocenters. The molecule has 0 aromatic heterocycles. The maximum Gasteiger partial charge on any atom is 0.127 e. The standard InChI is InChI=1S/C13H19BrFN/c1-9(2)7-16-8-10(3)12-5-4-11(14)6-13(12)15/h4-6,9-10,16H,7-8H2,1-3H3. The van der Waals surface area contributed by atoms with Gasteiger partial charge in [-0.3, -0.25) is 0 Å². The first-order valence-electron chi connectivity index (χ1n) is 5.66. The Balaban J connectivity index is 2.55. The molecule has 0 amide bonds. The molecule has 1 atom stereocenters. The second kappa shape index (κ2) is 6.36. The lowest BCUT2D eigenvalue weighted by Crippen LogP contribution is -2.24. The van der Waals surface area contributed by atoms with Gasteiger partial charge in [0.15, 0.2) is 0 Å². The summed E-state index contributed by atoms with van der Waals surface area (Å²) in [7, 11) is 0. The Morgan fingerprint density at radius 1 is 1.25 bits per heavy atom. The van der Waals surface area contributed by atoms with Gasteiger partial charge in [-0.2, -0.15) is 0 Å². The van der Waals surface area contributed by atoms with Crippen LogP contribution in [0, 0.1) is 11.7 Å². The van der Waals surface area contributed by atoms with Crippen LogP contribution in [-0.2, 0) is 0 Å². The summed E-state index contributed by atoms with van der Waals surface area (Å²) in [6.45, 7) is 8.16. The third-order valence-electron chi connectivity index (χ3n) is 2.50. The molecule has 0 heterocycles. The number of benzene rings is 1. The number of hydrogen-bond acceptors (Lipinski definition) is 1. The highest BCUT2D eigenvalue weighted by Crippen LogP contribution is 2.21. The molecule has 0 spiro atoms. The van der Waals surface area contributed by atoms with Crippen LogP contribution in [0.2, 0.25) is 0 Å². The fourth-order valence-electron chi connectivity index (χ4n) is 1.60. The molecule has 16 heavy (non-hydrogen) atoms. The lowest BCUT2D eigenvalue weighted by atomic mass is 10.0. The third kappa shape index (κ3) is 4.22. The van der Waals surface area contributed by atoms with Crippen LogP contribution in [0.25, 0.3) is 0 Å². The number of halogens is 2. The van der Waals surface area contributed by atoms with Crippen LogP contribution in [0.4, 0.5) is 4.39 Å². The van der Waals surface area contributed by atoms with Gasteiger partial charge in [-0.1, -0.05) is 42.8 Å². The minimum absolute atomic E-state index is 0.131. The average molecular weight is 288 g/mol. The monoisotopic (exact) mass is 287 g/mol. The summed E-state index contributed by atoms with van der Waals surface area (Å²) in [6, 6.07) is 5.26. The van der Waals surface area contributed by atoms with E-state index in [0.717, 1.165) is 23.1 Å². The second-order valence-corrected chi connectivity index (χ2v) is 5.53. The maximum atomic E-state index is 13.6. The van der Waals surface area contributed by atoms with Gasteiger partial charge in [-0.15, -0.1) is 0 Å². The van der Waals surface area contributed by atoms with E-state index in [1.54, 1.807) is 0 Å². The van der Waals surface area contributed by atoms with Crippen LogP contribution in [0.5, 0.6) is 0 Å². The van der Waals surface area contributed by atoms with E-state index in [-0.39, 0.29) is 11.7 Å². The topological polar surface area (TPSA) is 12.0 Å². The Labute approximate surface area is 106 Å². The van der Waals surface area contributed by atoms with E-state index in [0.29, 0.717) is 5.92 Å². The molecule has 0 fully saturated rings. The van der Waals surface area contributed by atoms with Crippen molar-refractivity contribution in [1.29, 1.82) is 0 Å². The van der Waals surface area contributed by atoms with Gasteiger partial charge in [0.2, 0.25) is 0 Å². The molecular formula is C13H19BrFN. The summed E-state index contributed by atoms with van der Waals surface area (Å²) in [5.74, 6) is 0.696. The van der Waals surface area contributed by atoms with Crippen molar-refractivity contribution >= 4 is 15.9 Å². The molecule has 1 aromatic rings. The molecule has 0 aliphatic rings. The lowest BCUT2D eigenvalue weighted by molar-refractivity contribution is 0.515. The Morgan fingerprint density at radius 3 is 2.50 bits per heavy atom. The first-order valence-corrected chi connectivity index (χ1v) is 6.45. The predicted molar refractivity (Wildman–Crippen MR) is 70.2 cm³/mol. The third-order valence-corrected chi connectivity index (χ3v) is 2.99. The van der Waals surface area contributed by atoms with Gasteiger partial charge in [-0.05, 0) is 36.1 Å². The van der Waals surface area contributed by atoms with Crippen molar-refractivity contribution in [3.63, 3.8) is 0 Å². The fourth-order valence-corrected chi connectivity index (χ4v) is 1.93. The van der Waals surface area contributed by atoms with Crippen LogP contribution >= 0.6 is 15.9 Å². The SMILES string of the molecule is CC(C)CNCC(C)c1ccc(Br)cc1F. The first-order chi connectivity index (χ1) is 7.50. The van der Waals surface area contributed by atoms with Crippen molar-refractivity contribution in [2.45, 2.75) is 26.7 Å². The zero-order valence-electron chi connectivity index (χ0n) is 10.1. The molecular weight excluding hydrogens is 269 g/mol. The Morgan fingerprint density at radius 2 is 1.94 bits per heavy atom. The minimum atomic E-state index is -0.131. The summed E-state index contributed by atoms with van der Waals surface area (Å²) < 4.78 is 14.4. The zero-order valence-corrected chi connectivity index (χ0v) is 11.6. The maximum absolute atomic E-state index is 13.6. The van der Waals surface area contributed by atoms with Gasteiger partial charge in [0.1, 0.15) is 5.82 Å². The largest absolute Gasteiger partial charge is 0.316 e. The van der Waals surface area contributed by atoms with Gasteiger partial charge in [-0.25, -0.2) is 4.39 Å². The zero-order chi connectivity index (χ0) is 12.1. The molecule has 0 saturated heterocycles. The Bertz CT molecular complexity index is 339. The summed E-state index contributed by atoms with van der Waals surface area (Å²) in [6.07, 6.45) is 0. The highest BCUT2D eigenvalue weighted by Gasteiger charge is 2.10. The Hall–Kier alpha value is -0.410. The average Bonchev–Trinajstić information content (AvgIpc) is 2.16. The minimum Gasteiger partial charge on any atom is -0.316 e. The molecule has 1 aromatic carbocycles. The molecule has 0 bridgehead atoms. The van der Waals surface area contributed by atoms with Crippen LogP contribution in [0.1, 0.15) is 32.3 Å². The molecule has 3 heteroatoms. The van der Waals surface area contributed by atoms with Crippen molar-refractivity contribution in [2.24, 2.45) is 5.92 Å². The van der Waals surface area contributed by atoms with E-state index in [1.165, 1.54) is 6.07 Å². The van der Waals surface area contributed by atoms with Gasteiger partial charge in [0.25, 0.3) is 0 Å². The van der Waals surface area contributed by atoms with E-state index in [2.05, 4.69) is 35.1 Å². The van der Waals surface area contributed by atoms with Gasteiger partial charge in [0, 0.05) is 11.0 Å². The van der Waals surface area contributed by atoms with Gasteiger partial charge < -0.3 is 5.32 Å². The predicted octanol–water partition coefficient (Wildman–Crippen LogP) is 3.94. The van der Waals surface area contributed by atoms with E-state index in [1.807, 2.05) is 19.1 Å². The first kappa shape index (κ1) is 13.7. The Kier molecular flexibility index (Phi) is 5.42. The molecule has 0 radical (unpaired) electrons. The van der Waals surface area contributed by atoms with Crippen molar-refractivity contribution < 1.29 is 4.39 Å². The highest BCUT2D eigenvalue weighted by molar-refractivity contribution is 9.10. The van der Waals surface area contributed by atoms with Crippen molar-refractivity contribution in [3.8, 4) is 0 Å². The van der Waals surface area contributed by atoms with Crippen LogP contribution in [-0.4, -0.2) is 13.1 Å². The molecule has 0 aliphatic heterocycles. The summed E-state index contributed by atoms with van der Waals surface area (Å²) in [5.41, 5.74) is 0.777. The summed E-state index contributed by atoms with van der Waals surface area (Å²) in [5, 5.41) is 3.35. The number of hydrogen-bond donors (Lipinski definition) is 1. The summed E-state index contributed by atoms with van der Waals surface area (Å²) in [4.78, 5) is 0. The van der Waals surface area contributed by atoms with Gasteiger partial charge >= 0.3 is 0 Å². The summed E-state index contributed by atoms with van der Waals surface area (Å²) >= 11 is 3.26. The molecule has 1 rings (SSSR count). The lowest BCUT2D eigenvalue weighted by Gasteiger charge is -2.15. The molecule has 0 saturated carbocycles. The van der Waals surface area contributed by atoms with Crippen LogP contribution in [0.3, 0.4) is 0 Å². The highest BCUT2D eigenvalue weighted by atomic mass is 79.9. The molecule has 0 aliphatic carbocycles. The fraction of sp³-hybridized carbons (Fsp3) is 0.538. The number of rotatable bonds is 5. The van der Waals surface area contributed by atoms with E-state index in [9.17, 15) is 4.39 Å². The van der Waals surface area contributed by atoms with Crippen LogP contribution < -0.4 is 5.32 Å². The number of nitrogens with one attached hydrogen (secondary N) is 1. The van der Waals surface area contributed by atoms with Crippen molar-refractivity contribution in [2.75, 3.05) is 13.1 Å². The van der Waals surface area contributed by atoms with E-state index in [4.69, 9.17) is 0 Å². The second-order valence-electron chi connectivity index (χ2n) is 4.62. The normalized spacial score (nSPS) is 13.1. The quantitative estimate of drug-likeness (QED) is 0.865. The molecule has 1 N–H and O–H groups in total.